The number of hydrogen-bond donors (Lipinski definition) is 2. The molecule has 2 aromatic rings. The Kier molecular flexibility index (Phi) is 4.66. The Balaban J connectivity index is 1.57. The number of nitrogens with one attached hydrogen (secondary N) is 1. The van der Waals surface area contributed by atoms with E-state index >= 15 is 0 Å². The third-order valence-corrected chi connectivity index (χ3v) is 4.72. The van der Waals surface area contributed by atoms with Crippen molar-refractivity contribution in [1.82, 2.24) is 20.1 Å². The van der Waals surface area contributed by atoms with Gasteiger partial charge in [-0.25, -0.2) is 4.98 Å². The van der Waals surface area contributed by atoms with Crippen LogP contribution in [0.5, 0.6) is 0 Å². The monoisotopic (exact) mass is 328 g/mol. The van der Waals surface area contributed by atoms with E-state index in [0.717, 1.165) is 30.1 Å². The highest BCUT2D eigenvalue weighted by Crippen LogP contribution is 2.29. The van der Waals surface area contributed by atoms with Crippen LogP contribution in [0.3, 0.4) is 0 Å². The van der Waals surface area contributed by atoms with Gasteiger partial charge in [0.15, 0.2) is 5.82 Å². The van der Waals surface area contributed by atoms with Crippen molar-refractivity contribution < 1.29 is 9.90 Å². The zero-order chi connectivity index (χ0) is 17.2. The van der Waals surface area contributed by atoms with Crippen LogP contribution in [0.4, 0.5) is 0 Å². The van der Waals surface area contributed by atoms with Gasteiger partial charge in [0.2, 0.25) is 5.91 Å². The van der Waals surface area contributed by atoms with Crippen molar-refractivity contribution >= 4 is 5.91 Å². The van der Waals surface area contributed by atoms with Crippen LogP contribution in [-0.2, 0) is 10.4 Å². The second kappa shape index (κ2) is 6.73. The van der Waals surface area contributed by atoms with Crippen molar-refractivity contribution in [3.05, 3.63) is 47.5 Å². The van der Waals surface area contributed by atoms with E-state index in [2.05, 4.69) is 15.2 Å². The van der Waals surface area contributed by atoms with Crippen LogP contribution in [0.1, 0.15) is 49.3 Å². The second-order valence-corrected chi connectivity index (χ2v) is 6.75. The van der Waals surface area contributed by atoms with E-state index in [4.69, 9.17) is 0 Å². The minimum absolute atomic E-state index is 0.00605. The third-order valence-electron chi connectivity index (χ3n) is 4.72. The Hall–Kier alpha value is -2.21. The molecule has 6 nitrogen and oxygen atoms in total. The molecular formula is C18H24N4O2. The molecule has 3 rings (SSSR count). The summed E-state index contributed by atoms with van der Waals surface area (Å²) in [5, 5.41) is 17.8. The second-order valence-electron chi connectivity index (χ2n) is 6.75. The molecule has 1 fully saturated rings. The maximum absolute atomic E-state index is 12.6. The third kappa shape index (κ3) is 3.64. The number of nitrogens with zero attached hydrogens (tertiary/aromatic N) is 3. The molecule has 2 N–H and O–H groups in total. The summed E-state index contributed by atoms with van der Waals surface area (Å²) in [6.45, 7) is 4.95. The smallest absolute Gasteiger partial charge is 0.225 e. The molecular weight excluding hydrogens is 304 g/mol. The first-order valence-electron chi connectivity index (χ1n) is 8.40. The number of rotatable bonds is 4. The molecule has 1 aromatic heterocycles. The Morgan fingerprint density at radius 3 is 2.58 bits per heavy atom. The normalized spacial score (nSPS) is 18.4. The fourth-order valence-electron chi connectivity index (χ4n) is 3.24. The molecule has 0 aliphatic carbocycles. The van der Waals surface area contributed by atoms with E-state index in [1.807, 2.05) is 42.2 Å². The van der Waals surface area contributed by atoms with Gasteiger partial charge in [0.1, 0.15) is 5.82 Å². The number of aryl methyl sites for hydroxylation is 1. The lowest BCUT2D eigenvalue weighted by Crippen LogP contribution is -2.41. The molecule has 1 unspecified atom stereocenters. The number of H-pyrrole nitrogens is 1. The molecule has 2 heterocycles. The summed E-state index contributed by atoms with van der Waals surface area (Å²) in [7, 11) is 0. The Labute approximate surface area is 141 Å². The number of piperidine rings is 1. The molecule has 24 heavy (non-hydrogen) atoms. The lowest BCUT2D eigenvalue weighted by atomic mass is 9.91. The number of aromatic nitrogens is 3. The number of benzene rings is 1. The number of carbonyl (C=O) groups excluding carboxylic acids is 1. The number of aromatic amines is 1. The lowest BCUT2D eigenvalue weighted by Gasteiger charge is -2.33. The SMILES string of the molecule is Cc1nc(C2CCN(C(=O)CC(C)(O)c3ccccc3)CC2)n[nH]1. The van der Waals surface area contributed by atoms with Crippen LogP contribution in [0.25, 0.3) is 0 Å². The van der Waals surface area contributed by atoms with Crippen LogP contribution in [0.15, 0.2) is 30.3 Å². The fourth-order valence-corrected chi connectivity index (χ4v) is 3.24. The molecule has 1 aliphatic heterocycles. The molecule has 0 radical (unpaired) electrons. The van der Waals surface area contributed by atoms with Gasteiger partial charge in [-0.05, 0) is 32.3 Å². The van der Waals surface area contributed by atoms with Crippen molar-refractivity contribution in [3.63, 3.8) is 0 Å². The predicted octanol–water partition coefficient (Wildman–Crippen LogP) is 2.12. The Morgan fingerprint density at radius 1 is 1.33 bits per heavy atom. The maximum atomic E-state index is 12.6. The van der Waals surface area contributed by atoms with E-state index in [0.29, 0.717) is 19.0 Å². The summed E-state index contributed by atoms with van der Waals surface area (Å²) in [5.74, 6) is 1.96. The summed E-state index contributed by atoms with van der Waals surface area (Å²) in [4.78, 5) is 18.8. The maximum Gasteiger partial charge on any atom is 0.225 e. The zero-order valence-electron chi connectivity index (χ0n) is 14.2. The van der Waals surface area contributed by atoms with Crippen LogP contribution in [-0.4, -0.2) is 44.2 Å². The van der Waals surface area contributed by atoms with Gasteiger partial charge in [-0.1, -0.05) is 30.3 Å². The van der Waals surface area contributed by atoms with Gasteiger partial charge in [-0.3, -0.25) is 9.89 Å². The summed E-state index contributed by atoms with van der Waals surface area (Å²) < 4.78 is 0. The molecule has 0 spiro atoms. The minimum Gasteiger partial charge on any atom is -0.385 e. The topological polar surface area (TPSA) is 82.1 Å². The Morgan fingerprint density at radius 2 is 2.00 bits per heavy atom. The number of amides is 1. The highest BCUT2D eigenvalue weighted by Gasteiger charge is 2.31. The zero-order valence-corrected chi connectivity index (χ0v) is 14.2. The van der Waals surface area contributed by atoms with Crippen LogP contribution in [0, 0.1) is 6.92 Å². The van der Waals surface area contributed by atoms with E-state index in [1.165, 1.54) is 0 Å². The standard InChI is InChI=1S/C18H24N4O2/c1-13-19-17(21-20-13)14-8-10-22(11-9-14)16(23)12-18(2,24)15-6-4-3-5-7-15/h3-7,14,24H,8-12H2,1-2H3,(H,19,20,21). The van der Waals surface area contributed by atoms with Gasteiger partial charge in [0.25, 0.3) is 0 Å². The molecule has 0 bridgehead atoms. The van der Waals surface area contributed by atoms with Gasteiger partial charge in [0, 0.05) is 19.0 Å². The average Bonchev–Trinajstić information content (AvgIpc) is 3.02. The molecule has 0 saturated carbocycles. The van der Waals surface area contributed by atoms with Crippen LogP contribution >= 0.6 is 0 Å². The predicted molar refractivity (Wildman–Crippen MR) is 90.3 cm³/mol. The van der Waals surface area contributed by atoms with E-state index < -0.39 is 5.60 Å². The molecule has 1 amide bonds. The molecule has 1 aromatic carbocycles. The highest BCUT2D eigenvalue weighted by molar-refractivity contribution is 5.77. The molecule has 6 heteroatoms. The van der Waals surface area contributed by atoms with Gasteiger partial charge < -0.3 is 10.0 Å². The number of carbonyl (C=O) groups is 1. The van der Waals surface area contributed by atoms with E-state index in [9.17, 15) is 9.90 Å². The lowest BCUT2D eigenvalue weighted by molar-refractivity contribution is -0.137. The first-order chi connectivity index (χ1) is 11.5. The summed E-state index contributed by atoms with van der Waals surface area (Å²) >= 11 is 0. The van der Waals surface area contributed by atoms with Crippen molar-refractivity contribution in [1.29, 1.82) is 0 Å². The van der Waals surface area contributed by atoms with E-state index in [-0.39, 0.29) is 12.3 Å². The summed E-state index contributed by atoms with van der Waals surface area (Å²) in [5.41, 5.74) is -0.375. The largest absolute Gasteiger partial charge is 0.385 e. The number of likely N-dealkylation sites (tertiary alicyclic amines) is 1. The number of aliphatic hydroxyl groups is 1. The van der Waals surface area contributed by atoms with Crippen molar-refractivity contribution in [2.24, 2.45) is 0 Å². The van der Waals surface area contributed by atoms with E-state index in [1.54, 1.807) is 6.92 Å². The van der Waals surface area contributed by atoms with Crippen molar-refractivity contribution in [3.8, 4) is 0 Å². The molecule has 128 valence electrons. The number of hydrogen-bond acceptors (Lipinski definition) is 4. The van der Waals surface area contributed by atoms with Crippen LogP contribution < -0.4 is 0 Å². The minimum atomic E-state index is -1.14. The first kappa shape index (κ1) is 16.6. The first-order valence-corrected chi connectivity index (χ1v) is 8.40. The molecule has 1 atom stereocenters. The Bertz CT molecular complexity index is 688. The van der Waals surface area contributed by atoms with Crippen molar-refractivity contribution in [2.75, 3.05) is 13.1 Å². The average molecular weight is 328 g/mol. The van der Waals surface area contributed by atoms with Gasteiger partial charge in [-0.2, -0.15) is 5.10 Å². The highest BCUT2D eigenvalue weighted by atomic mass is 16.3. The van der Waals surface area contributed by atoms with Crippen molar-refractivity contribution in [2.45, 2.75) is 44.6 Å². The summed E-state index contributed by atoms with van der Waals surface area (Å²) in [6.07, 6.45) is 1.81. The fraction of sp³-hybridized carbons (Fsp3) is 0.500. The van der Waals surface area contributed by atoms with Crippen LogP contribution in [0.2, 0.25) is 0 Å². The van der Waals surface area contributed by atoms with Gasteiger partial charge in [0.05, 0.1) is 12.0 Å². The molecule has 1 aliphatic rings. The summed E-state index contributed by atoms with van der Waals surface area (Å²) in [6, 6.07) is 9.35. The van der Waals surface area contributed by atoms with Gasteiger partial charge in [-0.15, -0.1) is 0 Å². The van der Waals surface area contributed by atoms with Gasteiger partial charge >= 0.3 is 0 Å². The quantitative estimate of drug-likeness (QED) is 0.900. The molecule has 1 saturated heterocycles.